The van der Waals surface area contributed by atoms with Gasteiger partial charge in [0.15, 0.2) is 5.78 Å². The summed E-state index contributed by atoms with van der Waals surface area (Å²) in [5.41, 5.74) is 4.72. The quantitative estimate of drug-likeness (QED) is 0.568. The molecule has 2 aliphatic rings. The third-order valence-corrected chi connectivity index (χ3v) is 6.09. The Hall–Kier alpha value is -3.60. The fraction of sp³-hybridized carbons (Fsp3) is 0.192. The van der Waals surface area contributed by atoms with Crippen LogP contribution in [0.5, 0.6) is 5.75 Å². The van der Waals surface area contributed by atoms with Crippen molar-refractivity contribution in [3.8, 4) is 5.75 Å². The van der Waals surface area contributed by atoms with Gasteiger partial charge in [-0.25, -0.2) is 4.39 Å². The van der Waals surface area contributed by atoms with Crippen LogP contribution in [0.15, 0.2) is 84.1 Å². The number of anilines is 2. The molecule has 0 fully saturated rings. The third kappa shape index (κ3) is 3.56. The number of para-hydroxylation sites is 2. The molecule has 0 saturated heterocycles. The zero-order valence-corrected chi connectivity index (χ0v) is 17.2. The maximum atomic E-state index is 14.8. The van der Waals surface area contributed by atoms with Gasteiger partial charge in [0.2, 0.25) is 0 Å². The summed E-state index contributed by atoms with van der Waals surface area (Å²) < 4.78 is 20.2. The van der Waals surface area contributed by atoms with Crippen LogP contribution in [0.25, 0.3) is 0 Å². The Bertz CT molecular complexity index is 1190. The summed E-state index contributed by atoms with van der Waals surface area (Å²) in [5, 5.41) is 6.90. The van der Waals surface area contributed by atoms with Crippen LogP contribution in [0.3, 0.4) is 0 Å². The summed E-state index contributed by atoms with van der Waals surface area (Å²) in [4.78, 5) is 13.5. The van der Waals surface area contributed by atoms with Crippen molar-refractivity contribution in [1.29, 1.82) is 0 Å². The molecule has 4 nitrogen and oxygen atoms in total. The summed E-state index contributed by atoms with van der Waals surface area (Å²) in [6, 6.07) is 21.7. The second-order valence-corrected chi connectivity index (χ2v) is 7.97. The molecule has 0 aromatic heterocycles. The smallest absolute Gasteiger partial charge is 0.163 e. The number of rotatable bonds is 3. The highest BCUT2D eigenvalue weighted by Gasteiger charge is 2.36. The monoisotopic (exact) mass is 414 g/mol. The number of Topliss-reactive ketones (excluding diaryl/α,β-unsaturated/α-hetero) is 1. The van der Waals surface area contributed by atoms with E-state index in [2.05, 4.69) is 10.6 Å². The molecule has 0 radical (unpaired) electrons. The molecule has 1 aliphatic heterocycles. The van der Waals surface area contributed by atoms with E-state index in [9.17, 15) is 9.18 Å². The van der Waals surface area contributed by atoms with Crippen LogP contribution in [0, 0.1) is 5.82 Å². The molecule has 1 aliphatic carbocycles. The molecular weight excluding hydrogens is 391 g/mol. The van der Waals surface area contributed by atoms with E-state index in [0.717, 1.165) is 28.4 Å². The average Bonchev–Trinajstić information content (AvgIpc) is 2.96. The van der Waals surface area contributed by atoms with Crippen molar-refractivity contribution in [2.75, 3.05) is 17.7 Å². The van der Waals surface area contributed by atoms with Crippen LogP contribution in [-0.2, 0) is 4.79 Å². The van der Waals surface area contributed by atoms with Crippen LogP contribution >= 0.6 is 0 Å². The van der Waals surface area contributed by atoms with Crippen molar-refractivity contribution in [2.24, 2.45) is 0 Å². The van der Waals surface area contributed by atoms with Gasteiger partial charge in [0.1, 0.15) is 11.6 Å². The van der Waals surface area contributed by atoms with E-state index in [4.69, 9.17) is 4.74 Å². The molecule has 0 spiro atoms. The fourth-order valence-electron chi connectivity index (χ4n) is 4.57. The topological polar surface area (TPSA) is 50.4 Å². The van der Waals surface area contributed by atoms with Gasteiger partial charge < -0.3 is 15.4 Å². The van der Waals surface area contributed by atoms with E-state index in [0.29, 0.717) is 24.0 Å². The van der Waals surface area contributed by atoms with Crippen molar-refractivity contribution in [3.05, 3.63) is 101 Å². The fourth-order valence-corrected chi connectivity index (χ4v) is 4.57. The highest BCUT2D eigenvalue weighted by atomic mass is 19.1. The second kappa shape index (κ2) is 7.91. The summed E-state index contributed by atoms with van der Waals surface area (Å²) >= 11 is 0. The molecule has 0 saturated carbocycles. The Morgan fingerprint density at radius 2 is 1.71 bits per heavy atom. The van der Waals surface area contributed by atoms with Crippen molar-refractivity contribution in [2.45, 2.75) is 24.8 Å². The average molecular weight is 414 g/mol. The SMILES string of the molecule is COc1cccc([C@H]2CC(=O)C3=C(C2)Nc2ccccc2N[C@@H]3c2ccccc2F)c1. The van der Waals surface area contributed by atoms with E-state index < -0.39 is 6.04 Å². The van der Waals surface area contributed by atoms with Gasteiger partial charge in [-0.05, 0) is 48.2 Å². The lowest BCUT2D eigenvalue weighted by Crippen LogP contribution is -2.27. The number of methoxy groups -OCH3 is 1. The zero-order valence-electron chi connectivity index (χ0n) is 17.2. The molecule has 0 bridgehead atoms. The van der Waals surface area contributed by atoms with E-state index in [-0.39, 0.29) is 17.5 Å². The third-order valence-electron chi connectivity index (χ3n) is 6.09. The number of hydrogen-bond acceptors (Lipinski definition) is 4. The first-order valence-electron chi connectivity index (χ1n) is 10.4. The largest absolute Gasteiger partial charge is 0.497 e. The summed E-state index contributed by atoms with van der Waals surface area (Å²) in [6.07, 6.45) is 1.03. The molecule has 0 amide bonds. The zero-order chi connectivity index (χ0) is 21.4. The van der Waals surface area contributed by atoms with Crippen molar-refractivity contribution in [3.63, 3.8) is 0 Å². The van der Waals surface area contributed by atoms with Gasteiger partial charge >= 0.3 is 0 Å². The number of allylic oxidation sites excluding steroid dienone is 1. The minimum absolute atomic E-state index is 0.0233. The van der Waals surface area contributed by atoms with Crippen molar-refractivity contribution >= 4 is 17.2 Å². The lowest BCUT2D eigenvalue weighted by atomic mass is 9.78. The normalized spacial score (nSPS) is 20.1. The first kappa shape index (κ1) is 19.4. The molecule has 3 aromatic rings. The van der Waals surface area contributed by atoms with E-state index in [1.54, 1.807) is 25.3 Å². The molecule has 1 heterocycles. The number of carbonyl (C=O) groups is 1. The molecule has 3 aromatic carbocycles. The predicted molar refractivity (Wildman–Crippen MR) is 120 cm³/mol. The van der Waals surface area contributed by atoms with Gasteiger partial charge in [0.25, 0.3) is 0 Å². The van der Waals surface area contributed by atoms with Crippen LogP contribution < -0.4 is 15.4 Å². The summed E-state index contributed by atoms with van der Waals surface area (Å²) in [7, 11) is 1.64. The number of halogens is 1. The van der Waals surface area contributed by atoms with Crippen LogP contribution in [0.1, 0.15) is 35.9 Å². The molecular formula is C26H23FN2O2. The molecule has 156 valence electrons. The molecule has 31 heavy (non-hydrogen) atoms. The van der Waals surface area contributed by atoms with Crippen molar-refractivity contribution < 1.29 is 13.9 Å². The Kier molecular flexibility index (Phi) is 4.94. The maximum Gasteiger partial charge on any atom is 0.163 e. The number of benzene rings is 3. The van der Waals surface area contributed by atoms with Crippen molar-refractivity contribution in [1.82, 2.24) is 0 Å². The van der Waals surface area contributed by atoms with E-state index in [1.807, 2.05) is 48.5 Å². The first-order valence-corrected chi connectivity index (χ1v) is 10.4. The van der Waals surface area contributed by atoms with Gasteiger partial charge in [-0.3, -0.25) is 4.79 Å². The number of fused-ring (bicyclic) bond motifs is 1. The van der Waals surface area contributed by atoms with Gasteiger partial charge in [0, 0.05) is 23.3 Å². The molecule has 5 heteroatoms. The minimum atomic E-state index is -0.550. The molecule has 2 atom stereocenters. The van der Waals surface area contributed by atoms with Crippen LogP contribution in [-0.4, -0.2) is 12.9 Å². The van der Waals surface area contributed by atoms with Gasteiger partial charge in [-0.1, -0.05) is 42.5 Å². The lowest BCUT2D eigenvalue weighted by Gasteiger charge is -2.30. The number of hydrogen-bond donors (Lipinski definition) is 2. The molecule has 2 N–H and O–H groups in total. The summed E-state index contributed by atoms with van der Waals surface area (Å²) in [5.74, 6) is 0.499. The van der Waals surface area contributed by atoms with E-state index >= 15 is 0 Å². The summed E-state index contributed by atoms with van der Waals surface area (Å²) in [6.45, 7) is 0. The van der Waals surface area contributed by atoms with Gasteiger partial charge in [-0.2, -0.15) is 0 Å². The van der Waals surface area contributed by atoms with Gasteiger partial charge in [0.05, 0.1) is 24.5 Å². The lowest BCUT2D eigenvalue weighted by molar-refractivity contribution is -0.116. The standard InChI is InChI=1S/C26H23FN2O2/c1-31-18-8-6-7-16(13-18)17-14-23-25(24(30)15-17)26(19-9-2-3-10-20(19)27)29-22-12-5-4-11-21(22)28-23/h2-13,17,26,28-29H,14-15H2,1H3/t17-,26-/m1/s1. The van der Waals surface area contributed by atoms with Gasteiger partial charge in [-0.15, -0.1) is 0 Å². The Morgan fingerprint density at radius 1 is 0.935 bits per heavy atom. The Balaban J connectivity index is 1.61. The molecule has 5 rings (SSSR count). The maximum absolute atomic E-state index is 14.8. The predicted octanol–water partition coefficient (Wildman–Crippen LogP) is 5.81. The van der Waals surface area contributed by atoms with Crippen LogP contribution in [0.4, 0.5) is 15.8 Å². The Labute approximate surface area is 180 Å². The number of nitrogens with one attached hydrogen (secondary N) is 2. The highest BCUT2D eigenvalue weighted by Crippen LogP contribution is 2.44. The van der Waals surface area contributed by atoms with E-state index in [1.165, 1.54) is 6.07 Å². The first-order chi connectivity index (χ1) is 15.1. The van der Waals surface area contributed by atoms with Crippen LogP contribution in [0.2, 0.25) is 0 Å². The number of carbonyl (C=O) groups excluding carboxylic acids is 1. The number of ether oxygens (including phenoxy) is 1. The molecule has 0 unspecified atom stereocenters. The Morgan fingerprint density at radius 3 is 2.52 bits per heavy atom. The minimum Gasteiger partial charge on any atom is -0.497 e. The second-order valence-electron chi connectivity index (χ2n) is 7.97. The highest BCUT2D eigenvalue weighted by molar-refractivity contribution is 6.01. The number of ketones is 1.